The van der Waals surface area contributed by atoms with Crippen LogP contribution in [0.1, 0.15) is 12.7 Å². The Labute approximate surface area is 107 Å². The van der Waals surface area contributed by atoms with Crippen LogP contribution in [-0.4, -0.2) is 22.3 Å². The lowest BCUT2D eigenvalue weighted by Crippen LogP contribution is -2.29. The molecule has 0 spiro atoms. The van der Waals surface area contributed by atoms with Crippen LogP contribution in [0.2, 0.25) is 0 Å². The van der Waals surface area contributed by atoms with Crippen molar-refractivity contribution in [2.45, 2.75) is 26.2 Å². The molecule has 0 fully saturated rings. The fourth-order valence-electron chi connectivity index (χ4n) is 1.96. The Bertz CT molecular complexity index is 574. The molecule has 0 bridgehead atoms. The van der Waals surface area contributed by atoms with Crippen LogP contribution in [-0.2, 0) is 13.1 Å². The zero-order valence-corrected chi connectivity index (χ0v) is 10.3. The zero-order valence-electron chi connectivity index (χ0n) is 10.3. The van der Waals surface area contributed by atoms with E-state index in [1.165, 1.54) is 12.1 Å². The molecule has 1 aromatic carbocycles. The van der Waals surface area contributed by atoms with Gasteiger partial charge in [-0.1, -0.05) is 0 Å². The van der Waals surface area contributed by atoms with E-state index in [4.69, 9.17) is 0 Å². The van der Waals surface area contributed by atoms with Crippen LogP contribution in [0.3, 0.4) is 0 Å². The Morgan fingerprint density at radius 2 is 2.05 bits per heavy atom. The summed E-state index contributed by atoms with van der Waals surface area (Å²) in [5.41, 5.74) is 1.17. The molecule has 0 unspecified atom stereocenters. The standard InChI is InChI=1S/C12H13F4N3/c1-2-19-10-4-3-8(13)5-9(10)18-11(19)6-17-7-12(14,15)16/h3-5,17H,2,6-7H2,1H3. The van der Waals surface area contributed by atoms with Crippen LogP contribution in [0.25, 0.3) is 11.0 Å². The summed E-state index contributed by atoms with van der Waals surface area (Å²) in [6.45, 7) is 1.33. The molecule has 0 aliphatic heterocycles. The topological polar surface area (TPSA) is 29.9 Å². The van der Waals surface area contributed by atoms with E-state index in [0.29, 0.717) is 23.4 Å². The third-order valence-corrected chi connectivity index (χ3v) is 2.71. The molecule has 1 aromatic heterocycles. The average Bonchev–Trinajstić information content (AvgIpc) is 2.63. The number of nitrogens with zero attached hydrogens (tertiary/aromatic N) is 2. The monoisotopic (exact) mass is 275 g/mol. The van der Waals surface area contributed by atoms with Gasteiger partial charge in [0.25, 0.3) is 0 Å². The van der Waals surface area contributed by atoms with Crippen molar-refractivity contribution in [2.24, 2.45) is 0 Å². The van der Waals surface area contributed by atoms with Gasteiger partial charge in [0.1, 0.15) is 11.6 Å². The van der Waals surface area contributed by atoms with Crippen molar-refractivity contribution < 1.29 is 17.6 Å². The number of fused-ring (bicyclic) bond motifs is 1. The SMILES string of the molecule is CCn1c(CNCC(F)(F)F)nc2cc(F)ccc21. The van der Waals surface area contributed by atoms with E-state index in [0.717, 1.165) is 0 Å². The quantitative estimate of drug-likeness (QED) is 0.870. The first kappa shape index (κ1) is 13.8. The summed E-state index contributed by atoms with van der Waals surface area (Å²) < 4.78 is 51.0. The third-order valence-electron chi connectivity index (χ3n) is 2.71. The van der Waals surface area contributed by atoms with E-state index in [-0.39, 0.29) is 6.54 Å². The lowest BCUT2D eigenvalue weighted by atomic mass is 10.3. The van der Waals surface area contributed by atoms with Gasteiger partial charge in [0.2, 0.25) is 0 Å². The lowest BCUT2D eigenvalue weighted by molar-refractivity contribution is -0.125. The Balaban J connectivity index is 2.22. The molecule has 0 atom stereocenters. The van der Waals surface area contributed by atoms with E-state index in [1.54, 1.807) is 10.6 Å². The maximum Gasteiger partial charge on any atom is 0.401 e. The number of rotatable bonds is 4. The number of nitrogens with one attached hydrogen (secondary N) is 1. The second-order valence-electron chi connectivity index (χ2n) is 4.12. The van der Waals surface area contributed by atoms with Gasteiger partial charge in [0.05, 0.1) is 24.1 Å². The van der Waals surface area contributed by atoms with Crippen LogP contribution >= 0.6 is 0 Å². The minimum atomic E-state index is -4.25. The summed E-state index contributed by atoms with van der Waals surface area (Å²) in [6.07, 6.45) is -4.25. The maximum atomic E-state index is 13.1. The highest BCUT2D eigenvalue weighted by molar-refractivity contribution is 5.76. The van der Waals surface area contributed by atoms with E-state index in [2.05, 4.69) is 10.3 Å². The second kappa shape index (κ2) is 5.16. The number of hydrogen-bond acceptors (Lipinski definition) is 2. The molecule has 0 radical (unpaired) electrons. The molecule has 19 heavy (non-hydrogen) atoms. The summed E-state index contributed by atoms with van der Waals surface area (Å²) >= 11 is 0. The van der Waals surface area contributed by atoms with Gasteiger partial charge in [0, 0.05) is 12.6 Å². The molecule has 104 valence electrons. The van der Waals surface area contributed by atoms with Crippen LogP contribution < -0.4 is 5.32 Å². The van der Waals surface area contributed by atoms with Gasteiger partial charge in [0.15, 0.2) is 0 Å². The lowest BCUT2D eigenvalue weighted by Gasteiger charge is -2.09. The zero-order chi connectivity index (χ0) is 14.0. The molecular formula is C12H13F4N3. The first-order valence-corrected chi connectivity index (χ1v) is 5.83. The molecule has 1 N–H and O–H groups in total. The molecule has 0 aliphatic carbocycles. The molecule has 0 amide bonds. The predicted molar refractivity (Wildman–Crippen MR) is 63.1 cm³/mol. The summed E-state index contributed by atoms with van der Waals surface area (Å²) in [5.74, 6) is 0.0513. The van der Waals surface area contributed by atoms with Crippen LogP contribution in [0.15, 0.2) is 18.2 Å². The highest BCUT2D eigenvalue weighted by Gasteiger charge is 2.26. The van der Waals surface area contributed by atoms with E-state index >= 15 is 0 Å². The number of hydrogen-bond donors (Lipinski definition) is 1. The molecule has 0 aliphatic rings. The van der Waals surface area contributed by atoms with Crippen LogP contribution in [0, 0.1) is 5.82 Å². The van der Waals surface area contributed by atoms with Gasteiger partial charge in [-0.05, 0) is 19.1 Å². The van der Waals surface area contributed by atoms with Crippen molar-refractivity contribution in [3.8, 4) is 0 Å². The first-order chi connectivity index (χ1) is 8.90. The summed E-state index contributed by atoms with van der Waals surface area (Å²) in [7, 11) is 0. The Morgan fingerprint density at radius 3 is 2.68 bits per heavy atom. The second-order valence-corrected chi connectivity index (χ2v) is 4.12. The number of aromatic nitrogens is 2. The van der Waals surface area contributed by atoms with Crippen molar-refractivity contribution in [1.29, 1.82) is 0 Å². The van der Waals surface area contributed by atoms with Gasteiger partial charge < -0.3 is 9.88 Å². The van der Waals surface area contributed by atoms with E-state index in [9.17, 15) is 17.6 Å². The fourth-order valence-corrected chi connectivity index (χ4v) is 1.96. The van der Waals surface area contributed by atoms with Crippen molar-refractivity contribution in [3.05, 3.63) is 29.8 Å². The van der Waals surface area contributed by atoms with Crippen LogP contribution in [0.4, 0.5) is 17.6 Å². The molecule has 0 saturated heterocycles. The maximum absolute atomic E-state index is 13.1. The third kappa shape index (κ3) is 3.23. The van der Waals surface area contributed by atoms with Gasteiger partial charge >= 0.3 is 6.18 Å². The number of halogens is 4. The summed E-state index contributed by atoms with van der Waals surface area (Å²) in [4.78, 5) is 4.16. The molecule has 1 heterocycles. The van der Waals surface area contributed by atoms with Crippen molar-refractivity contribution in [2.75, 3.05) is 6.54 Å². The Morgan fingerprint density at radius 1 is 1.32 bits per heavy atom. The molecule has 2 rings (SSSR count). The smallest absolute Gasteiger partial charge is 0.327 e. The Hall–Kier alpha value is -1.63. The first-order valence-electron chi connectivity index (χ1n) is 5.83. The number of aryl methyl sites for hydroxylation is 1. The summed E-state index contributed by atoms with van der Waals surface area (Å²) in [6, 6.07) is 4.16. The average molecular weight is 275 g/mol. The summed E-state index contributed by atoms with van der Waals surface area (Å²) in [5, 5.41) is 2.29. The molecule has 0 saturated carbocycles. The fraction of sp³-hybridized carbons (Fsp3) is 0.417. The molecular weight excluding hydrogens is 262 g/mol. The molecule has 3 nitrogen and oxygen atoms in total. The van der Waals surface area contributed by atoms with Gasteiger partial charge in [-0.2, -0.15) is 13.2 Å². The Kier molecular flexibility index (Phi) is 3.75. The van der Waals surface area contributed by atoms with Crippen LogP contribution in [0.5, 0.6) is 0 Å². The van der Waals surface area contributed by atoms with Crippen molar-refractivity contribution in [1.82, 2.24) is 14.9 Å². The minimum absolute atomic E-state index is 0.0103. The van der Waals surface area contributed by atoms with E-state index < -0.39 is 18.5 Å². The normalized spacial score (nSPS) is 12.3. The number of imidazole rings is 1. The predicted octanol–water partition coefficient (Wildman–Crippen LogP) is 2.85. The highest BCUT2D eigenvalue weighted by Crippen LogP contribution is 2.18. The van der Waals surface area contributed by atoms with Gasteiger partial charge in [-0.25, -0.2) is 9.37 Å². The van der Waals surface area contributed by atoms with E-state index in [1.807, 2.05) is 6.92 Å². The number of benzene rings is 1. The minimum Gasteiger partial charge on any atom is -0.327 e. The molecule has 2 aromatic rings. The highest BCUT2D eigenvalue weighted by atomic mass is 19.4. The van der Waals surface area contributed by atoms with Crippen molar-refractivity contribution in [3.63, 3.8) is 0 Å². The molecule has 7 heteroatoms. The van der Waals surface area contributed by atoms with Gasteiger partial charge in [-0.3, -0.25) is 0 Å². The number of alkyl halides is 3. The largest absolute Gasteiger partial charge is 0.401 e. The van der Waals surface area contributed by atoms with Crippen molar-refractivity contribution >= 4 is 11.0 Å². The van der Waals surface area contributed by atoms with Gasteiger partial charge in [-0.15, -0.1) is 0 Å².